The summed E-state index contributed by atoms with van der Waals surface area (Å²) in [6.45, 7) is 3.25. The van der Waals surface area contributed by atoms with Crippen LogP contribution in [0.5, 0.6) is 0 Å². The Bertz CT molecular complexity index is 1030. The van der Waals surface area contributed by atoms with Crippen molar-refractivity contribution in [3.8, 4) is 0 Å². The van der Waals surface area contributed by atoms with E-state index < -0.39 is 0 Å². The third-order valence-corrected chi connectivity index (χ3v) is 5.98. The van der Waals surface area contributed by atoms with Gasteiger partial charge in [-0.05, 0) is 47.7 Å². The summed E-state index contributed by atoms with van der Waals surface area (Å²) in [5, 5.41) is 5.53. The van der Waals surface area contributed by atoms with Crippen molar-refractivity contribution < 1.29 is 9.59 Å². The molecule has 1 N–H and O–H groups in total. The Morgan fingerprint density at radius 2 is 1.73 bits per heavy atom. The molecule has 4 nitrogen and oxygen atoms in total. The number of nitrogens with one attached hydrogen (secondary N) is 1. The fourth-order valence-electron chi connectivity index (χ4n) is 4.19. The third-order valence-electron chi connectivity index (χ3n) is 5.98. The molecule has 1 saturated heterocycles. The first-order valence-electron chi connectivity index (χ1n) is 10.7. The number of amides is 2. The van der Waals surface area contributed by atoms with Crippen molar-refractivity contribution in [3.05, 3.63) is 83.9 Å². The SMILES string of the molecule is C[C@@H](NC(=O)[C@H]1CCCN(C(=O)Cc2ccccc2)C1)c1ccc2ccccc2c1. The summed E-state index contributed by atoms with van der Waals surface area (Å²) >= 11 is 0. The lowest BCUT2D eigenvalue weighted by molar-refractivity contribution is -0.135. The summed E-state index contributed by atoms with van der Waals surface area (Å²) in [5.74, 6) is -0.0180. The maximum atomic E-state index is 12.9. The van der Waals surface area contributed by atoms with Crippen LogP contribution in [-0.2, 0) is 16.0 Å². The Hall–Kier alpha value is -3.14. The Kier molecular flexibility index (Phi) is 6.12. The number of hydrogen-bond acceptors (Lipinski definition) is 2. The van der Waals surface area contributed by atoms with Crippen LogP contribution >= 0.6 is 0 Å². The van der Waals surface area contributed by atoms with Crippen molar-refractivity contribution in [2.24, 2.45) is 5.92 Å². The zero-order chi connectivity index (χ0) is 20.9. The number of benzene rings is 3. The fraction of sp³-hybridized carbons (Fsp3) is 0.308. The van der Waals surface area contributed by atoms with Gasteiger partial charge >= 0.3 is 0 Å². The van der Waals surface area contributed by atoms with Gasteiger partial charge in [0.1, 0.15) is 0 Å². The fourth-order valence-corrected chi connectivity index (χ4v) is 4.19. The van der Waals surface area contributed by atoms with E-state index in [4.69, 9.17) is 0 Å². The van der Waals surface area contributed by atoms with Gasteiger partial charge in [0.15, 0.2) is 0 Å². The van der Waals surface area contributed by atoms with Crippen LogP contribution in [0.15, 0.2) is 72.8 Å². The maximum Gasteiger partial charge on any atom is 0.227 e. The molecule has 0 aliphatic carbocycles. The van der Waals surface area contributed by atoms with E-state index in [-0.39, 0.29) is 23.8 Å². The lowest BCUT2D eigenvalue weighted by Crippen LogP contribution is -2.46. The molecular weight excluding hydrogens is 372 g/mol. The summed E-state index contributed by atoms with van der Waals surface area (Å²) in [6.07, 6.45) is 2.08. The molecule has 0 unspecified atom stereocenters. The van der Waals surface area contributed by atoms with Gasteiger partial charge in [-0.3, -0.25) is 9.59 Å². The van der Waals surface area contributed by atoms with Gasteiger partial charge in [0.2, 0.25) is 11.8 Å². The van der Waals surface area contributed by atoms with E-state index in [1.165, 1.54) is 10.8 Å². The van der Waals surface area contributed by atoms with Gasteiger partial charge in [-0.25, -0.2) is 0 Å². The normalized spacial score (nSPS) is 17.5. The van der Waals surface area contributed by atoms with Crippen LogP contribution in [0.2, 0.25) is 0 Å². The van der Waals surface area contributed by atoms with E-state index in [2.05, 4.69) is 35.6 Å². The Morgan fingerprint density at radius 1 is 1.00 bits per heavy atom. The lowest BCUT2D eigenvalue weighted by atomic mass is 9.95. The largest absolute Gasteiger partial charge is 0.349 e. The highest BCUT2D eigenvalue weighted by atomic mass is 16.2. The van der Waals surface area contributed by atoms with E-state index in [1.807, 2.05) is 54.3 Å². The highest BCUT2D eigenvalue weighted by Crippen LogP contribution is 2.22. The van der Waals surface area contributed by atoms with Gasteiger partial charge < -0.3 is 10.2 Å². The smallest absolute Gasteiger partial charge is 0.227 e. The van der Waals surface area contributed by atoms with Crippen molar-refractivity contribution in [1.82, 2.24) is 10.2 Å². The maximum absolute atomic E-state index is 12.9. The number of piperidine rings is 1. The minimum absolute atomic E-state index is 0.0351. The molecule has 2 atom stereocenters. The van der Waals surface area contributed by atoms with Crippen LogP contribution in [0, 0.1) is 5.92 Å². The molecule has 0 aromatic heterocycles. The van der Waals surface area contributed by atoms with E-state index >= 15 is 0 Å². The van der Waals surface area contributed by atoms with Crippen molar-refractivity contribution >= 4 is 22.6 Å². The number of hydrogen-bond donors (Lipinski definition) is 1. The standard InChI is InChI=1S/C26H28N2O2/c1-19(22-14-13-21-10-5-6-11-23(21)17-22)27-26(30)24-12-7-15-28(18-24)25(29)16-20-8-3-2-4-9-20/h2-6,8-11,13-14,17,19,24H,7,12,15-16,18H2,1H3,(H,27,30)/t19-,24+/m1/s1. The summed E-state index contributed by atoms with van der Waals surface area (Å²) in [7, 11) is 0. The average Bonchev–Trinajstić information content (AvgIpc) is 2.79. The molecule has 1 aliphatic rings. The Labute approximate surface area is 177 Å². The van der Waals surface area contributed by atoms with Crippen LogP contribution in [0.4, 0.5) is 0 Å². The number of nitrogens with zero attached hydrogens (tertiary/aromatic N) is 1. The van der Waals surface area contributed by atoms with Gasteiger partial charge in [0.05, 0.1) is 18.4 Å². The number of carbonyl (C=O) groups is 2. The first-order chi connectivity index (χ1) is 14.6. The molecule has 4 heteroatoms. The third kappa shape index (κ3) is 4.70. The van der Waals surface area contributed by atoms with Crippen molar-refractivity contribution in [3.63, 3.8) is 0 Å². The lowest BCUT2D eigenvalue weighted by Gasteiger charge is -2.33. The molecule has 3 aromatic rings. The van der Waals surface area contributed by atoms with Gasteiger partial charge in [-0.15, -0.1) is 0 Å². The van der Waals surface area contributed by atoms with Crippen molar-refractivity contribution in [1.29, 1.82) is 0 Å². The summed E-state index contributed by atoms with van der Waals surface area (Å²) in [5.41, 5.74) is 2.11. The monoisotopic (exact) mass is 400 g/mol. The minimum atomic E-state index is -0.152. The predicted molar refractivity (Wildman–Crippen MR) is 120 cm³/mol. The van der Waals surface area contributed by atoms with E-state index in [1.54, 1.807) is 0 Å². The van der Waals surface area contributed by atoms with E-state index in [0.717, 1.165) is 30.5 Å². The van der Waals surface area contributed by atoms with Crippen LogP contribution in [0.3, 0.4) is 0 Å². The molecule has 0 radical (unpaired) electrons. The number of fused-ring (bicyclic) bond motifs is 1. The molecule has 4 rings (SSSR count). The summed E-state index contributed by atoms with van der Waals surface area (Å²) in [6, 6.07) is 24.2. The molecule has 0 bridgehead atoms. The Morgan fingerprint density at radius 3 is 2.53 bits per heavy atom. The molecule has 3 aromatic carbocycles. The van der Waals surface area contributed by atoms with Gasteiger partial charge in [-0.2, -0.15) is 0 Å². The zero-order valence-corrected chi connectivity index (χ0v) is 17.4. The van der Waals surface area contributed by atoms with Crippen LogP contribution < -0.4 is 5.32 Å². The molecule has 1 fully saturated rings. The van der Waals surface area contributed by atoms with Crippen LogP contribution in [0.1, 0.15) is 36.9 Å². The van der Waals surface area contributed by atoms with E-state index in [0.29, 0.717) is 13.0 Å². The highest BCUT2D eigenvalue weighted by Gasteiger charge is 2.29. The topological polar surface area (TPSA) is 49.4 Å². The average molecular weight is 401 g/mol. The molecule has 30 heavy (non-hydrogen) atoms. The molecule has 154 valence electrons. The summed E-state index contributed by atoms with van der Waals surface area (Å²) in [4.78, 5) is 27.5. The number of rotatable bonds is 5. The van der Waals surface area contributed by atoms with Gasteiger partial charge in [0.25, 0.3) is 0 Å². The molecular formula is C26H28N2O2. The highest BCUT2D eigenvalue weighted by molar-refractivity contribution is 5.84. The second-order valence-corrected chi connectivity index (χ2v) is 8.18. The van der Waals surface area contributed by atoms with Gasteiger partial charge in [0, 0.05) is 13.1 Å². The van der Waals surface area contributed by atoms with Crippen LogP contribution in [0.25, 0.3) is 10.8 Å². The zero-order valence-electron chi connectivity index (χ0n) is 17.4. The molecule has 1 aliphatic heterocycles. The molecule has 0 saturated carbocycles. The second kappa shape index (κ2) is 9.12. The first-order valence-corrected chi connectivity index (χ1v) is 10.7. The quantitative estimate of drug-likeness (QED) is 0.686. The minimum Gasteiger partial charge on any atom is -0.349 e. The second-order valence-electron chi connectivity index (χ2n) is 8.18. The summed E-state index contributed by atoms with van der Waals surface area (Å²) < 4.78 is 0. The van der Waals surface area contributed by atoms with Gasteiger partial charge in [-0.1, -0.05) is 66.7 Å². The molecule has 1 heterocycles. The number of likely N-dealkylation sites (tertiary alicyclic amines) is 1. The predicted octanol–water partition coefficient (Wildman–Crippen LogP) is 4.50. The number of carbonyl (C=O) groups excluding carboxylic acids is 2. The molecule has 2 amide bonds. The van der Waals surface area contributed by atoms with E-state index in [9.17, 15) is 9.59 Å². The molecule has 0 spiro atoms. The van der Waals surface area contributed by atoms with Crippen LogP contribution in [-0.4, -0.2) is 29.8 Å². The Balaban J connectivity index is 1.37. The first kappa shape index (κ1) is 20.1. The van der Waals surface area contributed by atoms with Crippen molar-refractivity contribution in [2.45, 2.75) is 32.2 Å². The van der Waals surface area contributed by atoms with Crippen molar-refractivity contribution in [2.75, 3.05) is 13.1 Å².